The van der Waals surface area contributed by atoms with Gasteiger partial charge in [0.05, 0.1) is 22.9 Å². The number of benzene rings is 2. The largest absolute Gasteiger partial charge is 0.491 e. The van der Waals surface area contributed by atoms with Gasteiger partial charge in [-0.1, -0.05) is 23.7 Å². The van der Waals surface area contributed by atoms with Crippen LogP contribution in [0.1, 0.15) is 18.6 Å². The standard InChI is InChI=1S/C21H26ClFN2O3/c1-15(26)14-28-18-6-7-20(19(22)12-18)25-10-8-24(9-11-25)13-21(27)16-2-4-17(23)5-3-16/h2-7,12,15,21,26-27H,8-11,13-14H2,1H3/t15-,21-/m1/s1. The molecular weight excluding hydrogens is 383 g/mol. The van der Waals surface area contributed by atoms with Gasteiger partial charge < -0.3 is 19.8 Å². The number of hydrogen-bond acceptors (Lipinski definition) is 5. The Labute approximate surface area is 169 Å². The second kappa shape index (κ2) is 9.56. The molecular formula is C21H26ClFN2O3. The van der Waals surface area contributed by atoms with Crippen molar-refractivity contribution >= 4 is 17.3 Å². The molecule has 1 saturated heterocycles. The number of anilines is 1. The van der Waals surface area contributed by atoms with Crippen molar-refractivity contribution in [2.75, 3.05) is 44.2 Å². The third-order valence-electron chi connectivity index (χ3n) is 4.81. The maximum absolute atomic E-state index is 13.0. The maximum atomic E-state index is 13.0. The highest BCUT2D eigenvalue weighted by Gasteiger charge is 2.21. The van der Waals surface area contributed by atoms with E-state index in [4.69, 9.17) is 16.3 Å². The van der Waals surface area contributed by atoms with Crippen LogP contribution in [0.5, 0.6) is 5.75 Å². The highest BCUT2D eigenvalue weighted by Crippen LogP contribution is 2.31. The van der Waals surface area contributed by atoms with Gasteiger partial charge in [0.1, 0.15) is 18.2 Å². The van der Waals surface area contributed by atoms with Crippen molar-refractivity contribution in [3.8, 4) is 5.75 Å². The third-order valence-corrected chi connectivity index (χ3v) is 5.11. The summed E-state index contributed by atoms with van der Waals surface area (Å²) in [6.45, 7) is 5.60. The van der Waals surface area contributed by atoms with E-state index in [0.717, 1.165) is 37.4 Å². The first-order valence-corrected chi connectivity index (χ1v) is 9.81. The Morgan fingerprint density at radius 2 is 1.75 bits per heavy atom. The molecule has 3 rings (SSSR count). The van der Waals surface area contributed by atoms with E-state index >= 15 is 0 Å². The molecule has 0 saturated carbocycles. The minimum absolute atomic E-state index is 0.227. The minimum atomic E-state index is -0.638. The van der Waals surface area contributed by atoms with Crippen LogP contribution in [0.3, 0.4) is 0 Å². The van der Waals surface area contributed by atoms with Crippen LogP contribution in [-0.2, 0) is 0 Å². The molecule has 0 aromatic heterocycles. The molecule has 0 unspecified atom stereocenters. The van der Waals surface area contributed by atoms with Crippen LogP contribution >= 0.6 is 11.6 Å². The average Bonchev–Trinajstić information content (AvgIpc) is 2.68. The van der Waals surface area contributed by atoms with E-state index in [0.29, 0.717) is 17.3 Å². The summed E-state index contributed by atoms with van der Waals surface area (Å²) in [6, 6.07) is 11.5. The van der Waals surface area contributed by atoms with Gasteiger partial charge in [0.2, 0.25) is 0 Å². The Hall–Kier alpha value is -1.86. The average molecular weight is 409 g/mol. The molecule has 1 aliphatic heterocycles. The number of aliphatic hydroxyl groups is 2. The first-order chi connectivity index (χ1) is 13.4. The number of hydrogen-bond donors (Lipinski definition) is 2. The van der Waals surface area contributed by atoms with Crippen molar-refractivity contribution in [3.63, 3.8) is 0 Å². The molecule has 0 spiro atoms. The fraction of sp³-hybridized carbons (Fsp3) is 0.429. The second-order valence-electron chi connectivity index (χ2n) is 7.13. The zero-order chi connectivity index (χ0) is 20.1. The van der Waals surface area contributed by atoms with Gasteiger partial charge in [-0.25, -0.2) is 4.39 Å². The Morgan fingerprint density at radius 3 is 2.36 bits per heavy atom. The van der Waals surface area contributed by atoms with Crippen LogP contribution in [0.15, 0.2) is 42.5 Å². The molecule has 5 nitrogen and oxygen atoms in total. The summed E-state index contributed by atoms with van der Waals surface area (Å²) in [5, 5.41) is 20.3. The number of ether oxygens (including phenoxy) is 1. The van der Waals surface area contributed by atoms with Gasteiger partial charge in [-0.2, -0.15) is 0 Å². The number of rotatable bonds is 7. The van der Waals surface area contributed by atoms with E-state index in [9.17, 15) is 14.6 Å². The molecule has 0 aliphatic carbocycles. The maximum Gasteiger partial charge on any atom is 0.123 e. The van der Waals surface area contributed by atoms with Crippen molar-refractivity contribution in [1.82, 2.24) is 4.90 Å². The highest BCUT2D eigenvalue weighted by molar-refractivity contribution is 6.33. The summed E-state index contributed by atoms with van der Waals surface area (Å²) in [6.07, 6.45) is -1.17. The molecule has 2 aromatic rings. The van der Waals surface area contributed by atoms with Crippen molar-refractivity contribution in [3.05, 3.63) is 58.9 Å². The molecule has 28 heavy (non-hydrogen) atoms. The molecule has 2 aromatic carbocycles. The summed E-state index contributed by atoms with van der Waals surface area (Å²) < 4.78 is 18.5. The molecule has 7 heteroatoms. The molecule has 1 aliphatic rings. The van der Waals surface area contributed by atoms with Crippen LogP contribution in [0.4, 0.5) is 10.1 Å². The van der Waals surface area contributed by atoms with E-state index in [1.54, 1.807) is 25.1 Å². The van der Waals surface area contributed by atoms with Crippen LogP contribution in [0.25, 0.3) is 0 Å². The van der Waals surface area contributed by atoms with E-state index in [1.165, 1.54) is 12.1 Å². The zero-order valence-electron chi connectivity index (χ0n) is 15.9. The smallest absolute Gasteiger partial charge is 0.123 e. The molecule has 0 radical (unpaired) electrons. The lowest BCUT2D eigenvalue weighted by molar-refractivity contribution is 0.109. The van der Waals surface area contributed by atoms with Crippen molar-refractivity contribution in [1.29, 1.82) is 0 Å². The molecule has 0 amide bonds. The predicted molar refractivity (Wildman–Crippen MR) is 109 cm³/mol. The van der Waals surface area contributed by atoms with Gasteiger partial charge in [-0.15, -0.1) is 0 Å². The third kappa shape index (κ3) is 5.58. The molecule has 2 atom stereocenters. The summed E-state index contributed by atoms with van der Waals surface area (Å²) in [5.74, 6) is 0.333. The molecule has 152 valence electrons. The van der Waals surface area contributed by atoms with Crippen molar-refractivity contribution < 1.29 is 19.3 Å². The van der Waals surface area contributed by atoms with Crippen molar-refractivity contribution in [2.24, 2.45) is 0 Å². The van der Waals surface area contributed by atoms with Crippen LogP contribution < -0.4 is 9.64 Å². The topological polar surface area (TPSA) is 56.2 Å². The van der Waals surface area contributed by atoms with Crippen LogP contribution in [0, 0.1) is 5.82 Å². The number of nitrogens with zero attached hydrogens (tertiary/aromatic N) is 2. The van der Waals surface area contributed by atoms with Gasteiger partial charge in [0, 0.05) is 38.8 Å². The Morgan fingerprint density at radius 1 is 1.07 bits per heavy atom. The Balaban J connectivity index is 1.52. The van der Waals surface area contributed by atoms with Gasteiger partial charge in [-0.05, 0) is 36.8 Å². The predicted octanol–water partition coefficient (Wildman–Crippen LogP) is 3.09. The Bertz CT molecular complexity index is 765. The number of aliphatic hydroxyl groups excluding tert-OH is 2. The number of β-amino-alcohol motifs (C(OH)–C–C–N with tert-alkyl or cyclic N) is 1. The fourth-order valence-corrected chi connectivity index (χ4v) is 3.55. The van der Waals surface area contributed by atoms with Gasteiger partial charge in [-0.3, -0.25) is 4.90 Å². The molecule has 1 fully saturated rings. The summed E-state index contributed by atoms with van der Waals surface area (Å²) in [5.41, 5.74) is 1.67. The van der Waals surface area contributed by atoms with Gasteiger partial charge >= 0.3 is 0 Å². The highest BCUT2D eigenvalue weighted by atomic mass is 35.5. The normalized spacial score (nSPS) is 17.4. The van der Waals surface area contributed by atoms with Gasteiger partial charge in [0.25, 0.3) is 0 Å². The molecule has 1 heterocycles. The zero-order valence-corrected chi connectivity index (χ0v) is 16.6. The lowest BCUT2D eigenvalue weighted by Gasteiger charge is -2.37. The second-order valence-corrected chi connectivity index (χ2v) is 7.54. The first-order valence-electron chi connectivity index (χ1n) is 9.43. The number of halogens is 2. The number of piperazine rings is 1. The van der Waals surface area contributed by atoms with Crippen LogP contribution in [-0.4, -0.2) is 60.5 Å². The fourth-order valence-electron chi connectivity index (χ4n) is 3.26. The quantitative estimate of drug-likeness (QED) is 0.737. The Kier molecular flexibility index (Phi) is 7.13. The summed E-state index contributed by atoms with van der Waals surface area (Å²) in [7, 11) is 0. The first kappa shape index (κ1) is 20.9. The molecule has 2 N–H and O–H groups in total. The lowest BCUT2D eigenvalue weighted by Crippen LogP contribution is -2.47. The monoisotopic (exact) mass is 408 g/mol. The van der Waals surface area contributed by atoms with E-state index in [1.807, 2.05) is 12.1 Å². The minimum Gasteiger partial charge on any atom is -0.491 e. The summed E-state index contributed by atoms with van der Waals surface area (Å²) >= 11 is 6.42. The SMILES string of the molecule is C[C@@H](O)COc1ccc(N2CCN(C[C@@H](O)c3ccc(F)cc3)CC2)c(Cl)c1. The van der Waals surface area contributed by atoms with Crippen LogP contribution in [0.2, 0.25) is 5.02 Å². The van der Waals surface area contributed by atoms with Crippen molar-refractivity contribution in [2.45, 2.75) is 19.1 Å². The lowest BCUT2D eigenvalue weighted by atomic mass is 10.1. The van der Waals surface area contributed by atoms with Gasteiger partial charge in [0.15, 0.2) is 0 Å². The van der Waals surface area contributed by atoms with E-state index in [-0.39, 0.29) is 12.4 Å². The summed E-state index contributed by atoms with van der Waals surface area (Å²) in [4.78, 5) is 4.40. The van der Waals surface area contributed by atoms with E-state index in [2.05, 4.69) is 9.80 Å². The van der Waals surface area contributed by atoms with E-state index < -0.39 is 12.2 Å². The molecule has 0 bridgehead atoms.